The van der Waals surface area contributed by atoms with E-state index in [4.69, 9.17) is 23.2 Å². The molecule has 1 aromatic rings. The number of carbonyl (C=O) groups is 2. The first-order chi connectivity index (χ1) is 8.93. The number of carbonyl (C=O) groups excluding carboxylic acids is 2. The predicted octanol–water partition coefficient (Wildman–Crippen LogP) is -1.42. The van der Waals surface area contributed by atoms with E-state index in [1.165, 1.54) is 6.20 Å². The van der Waals surface area contributed by atoms with Gasteiger partial charge in [-0.2, -0.15) is 0 Å². The second-order valence-corrected chi connectivity index (χ2v) is 3.78. The standard InChI is InChI=1S/C10H15BN4O4/c1-3-18-8(16)10(12,9(17)19-4-2)5-7-6-15(11)14-13-7/h6H,3-5,12H2,1-2H3. The zero-order valence-corrected chi connectivity index (χ0v) is 10.8. The Balaban J connectivity index is 2.97. The third-order valence-corrected chi connectivity index (χ3v) is 2.30. The molecule has 19 heavy (non-hydrogen) atoms. The molecule has 0 amide bonds. The van der Waals surface area contributed by atoms with E-state index in [-0.39, 0.29) is 25.3 Å². The molecule has 9 heteroatoms. The van der Waals surface area contributed by atoms with Crippen LogP contribution in [0.15, 0.2) is 6.20 Å². The van der Waals surface area contributed by atoms with Gasteiger partial charge in [0.1, 0.15) is 0 Å². The molecule has 2 N–H and O–H groups in total. The number of nitrogens with zero attached hydrogens (tertiary/aromatic N) is 3. The van der Waals surface area contributed by atoms with Crippen LogP contribution in [0.25, 0.3) is 0 Å². The van der Waals surface area contributed by atoms with Crippen LogP contribution in [0.3, 0.4) is 0 Å². The molecule has 0 saturated carbocycles. The molecule has 0 aromatic carbocycles. The van der Waals surface area contributed by atoms with Crippen LogP contribution in [0.1, 0.15) is 19.5 Å². The van der Waals surface area contributed by atoms with Crippen molar-refractivity contribution in [1.29, 1.82) is 0 Å². The van der Waals surface area contributed by atoms with Crippen LogP contribution in [0.5, 0.6) is 0 Å². The van der Waals surface area contributed by atoms with E-state index >= 15 is 0 Å². The number of ether oxygens (including phenoxy) is 2. The van der Waals surface area contributed by atoms with Gasteiger partial charge in [-0.1, -0.05) is 5.21 Å². The molecule has 1 aromatic heterocycles. The van der Waals surface area contributed by atoms with Crippen molar-refractivity contribution in [2.75, 3.05) is 13.2 Å². The summed E-state index contributed by atoms with van der Waals surface area (Å²) < 4.78 is 10.6. The SMILES string of the molecule is [B]n1cc(CC(N)(C(=O)OCC)C(=O)OCC)nn1. The largest absolute Gasteiger partial charge is 0.464 e. The molecular formula is C10H15BN4O4. The molecule has 102 valence electrons. The molecule has 2 radical (unpaired) electrons. The smallest absolute Gasteiger partial charge is 0.338 e. The van der Waals surface area contributed by atoms with Gasteiger partial charge in [-0.25, -0.2) is 9.59 Å². The lowest BCUT2D eigenvalue weighted by atomic mass is 9.95. The number of rotatable bonds is 6. The van der Waals surface area contributed by atoms with Gasteiger partial charge >= 0.3 is 11.9 Å². The van der Waals surface area contributed by atoms with Crippen molar-refractivity contribution >= 4 is 19.9 Å². The average Bonchev–Trinajstić information content (AvgIpc) is 2.75. The van der Waals surface area contributed by atoms with E-state index in [0.717, 1.165) is 4.59 Å². The highest BCUT2D eigenvalue weighted by Crippen LogP contribution is 2.13. The summed E-state index contributed by atoms with van der Waals surface area (Å²) in [5, 5.41) is 7.17. The molecule has 8 nitrogen and oxygen atoms in total. The van der Waals surface area contributed by atoms with E-state index < -0.39 is 17.5 Å². The molecule has 0 bridgehead atoms. The van der Waals surface area contributed by atoms with Crippen LogP contribution < -0.4 is 5.73 Å². The first-order valence-electron chi connectivity index (χ1n) is 5.73. The Labute approximate surface area is 111 Å². The summed E-state index contributed by atoms with van der Waals surface area (Å²) in [6.45, 7) is 3.42. The average molecular weight is 266 g/mol. The summed E-state index contributed by atoms with van der Waals surface area (Å²) in [6.07, 6.45) is 1.14. The molecule has 0 unspecified atom stereocenters. The van der Waals surface area contributed by atoms with Gasteiger partial charge in [0.2, 0.25) is 5.54 Å². The molecule has 0 spiro atoms. The van der Waals surface area contributed by atoms with Gasteiger partial charge in [0.15, 0.2) is 0 Å². The molecule has 0 saturated heterocycles. The predicted molar refractivity (Wildman–Crippen MR) is 65.1 cm³/mol. The first-order valence-corrected chi connectivity index (χ1v) is 5.73. The van der Waals surface area contributed by atoms with Gasteiger partial charge in [-0.05, 0) is 13.8 Å². The van der Waals surface area contributed by atoms with E-state index in [0.29, 0.717) is 0 Å². The molecule has 0 aliphatic rings. The summed E-state index contributed by atoms with van der Waals surface area (Å²) in [5.41, 5.74) is 4.16. The van der Waals surface area contributed by atoms with Gasteiger partial charge in [-0.3, -0.25) is 0 Å². The Hall–Kier alpha value is -1.90. The monoisotopic (exact) mass is 266 g/mol. The van der Waals surface area contributed by atoms with Crippen molar-refractivity contribution in [3.63, 3.8) is 0 Å². The molecule has 0 aliphatic carbocycles. The fourth-order valence-corrected chi connectivity index (χ4v) is 1.43. The molecular weight excluding hydrogens is 251 g/mol. The van der Waals surface area contributed by atoms with Crippen molar-refractivity contribution in [2.24, 2.45) is 5.73 Å². The maximum atomic E-state index is 11.9. The van der Waals surface area contributed by atoms with E-state index in [9.17, 15) is 9.59 Å². The third kappa shape index (κ3) is 3.54. The maximum absolute atomic E-state index is 11.9. The van der Waals surface area contributed by atoms with E-state index in [1.54, 1.807) is 13.8 Å². The Morgan fingerprint density at radius 2 is 1.89 bits per heavy atom. The van der Waals surface area contributed by atoms with Gasteiger partial charge < -0.3 is 19.8 Å². The maximum Gasteiger partial charge on any atom is 0.338 e. The van der Waals surface area contributed by atoms with Gasteiger partial charge in [0.25, 0.3) is 7.98 Å². The molecule has 0 atom stereocenters. The third-order valence-electron chi connectivity index (χ3n) is 2.30. The highest BCUT2D eigenvalue weighted by molar-refractivity contribution is 6.06. The Kier molecular flexibility index (Phi) is 5.05. The van der Waals surface area contributed by atoms with Crippen molar-refractivity contribution in [3.8, 4) is 0 Å². The minimum atomic E-state index is -1.96. The molecule has 0 fully saturated rings. The number of esters is 2. The highest BCUT2D eigenvalue weighted by Gasteiger charge is 2.46. The quantitative estimate of drug-likeness (QED) is 0.382. The Bertz CT molecular complexity index is 444. The van der Waals surface area contributed by atoms with E-state index in [2.05, 4.69) is 10.3 Å². The lowest BCUT2D eigenvalue weighted by Crippen LogP contribution is -2.58. The number of hydrogen-bond donors (Lipinski definition) is 1. The summed E-state index contributed by atoms with van der Waals surface area (Å²) in [7, 11) is 5.34. The van der Waals surface area contributed by atoms with Crippen molar-refractivity contribution < 1.29 is 19.1 Å². The van der Waals surface area contributed by atoms with Crippen LogP contribution in [0.4, 0.5) is 0 Å². The fraction of sp³-hybridized carbons (Fsp3) is 0.600. The minimum absolute atomic E-state index is 0.0980. The van der Waals surface area contributed by atoms with Crippen LogP contribution in [0, 0.1) is 0 Å². The zero-order valence-electron chi connectivity index (χ0n) is 10.8. The van der Waals surface area contributed by atoms with Gasteiger partial charge in [0.05, 0.1) is 18.9 Å². The summed E-state index contributed by atoms with van der Waals surface area (Å²) in [6, 6.07) is 0. The van der Waals surface area contributed by atoms with Gasteiger partial charge in [-0.15, -0.1) is 5.10 Å². The first kappa shape index (κ1) is 15.2. The second kappa shape index (κ2) is 6.32. The van der Waals surface area contributed by atoms with Crippen LogP contribution in [-0.4, -0.2) is 53.6 Å². The highest BCUT2D eigenvalue weighted by atomic mass is 16.6. The van der Waals surface area contributed by atoms with Crippen molar-refractivity contribution in [3.05, 3.63) is 11.9 Å². The Morgan fingerprint density at radius 1 is 1.37 bits per heavy atom. The molecule has 1 rings (SSSR count). The van der Waals surface area contributed by atoms with Crippen LogP contribution >= 0.6 is 0 Å². The minimum Gasteiger partial charge on any atom is -0.464 e. The number of hydrogen-bond acceptors (Lipinski definition) is 7. The number of nitrogens with two attached hydrogens (primary N) is 1. The normalized spacial score (nSPS) is 11.1. The zero-order chi connectivity index (χ0) is 14.5. The second-order valence-electron chi connectivity index (χ2n) is 3.78. The fourth-order valence-electron chi connectivity index (χ4n) is 1.43. The lowest BCUT2D eigenvalue weighted by molar-refractivity contribution is -0.164. The van der Waals surface area contributed by atoms with Crippen LogP contribution in [-0.2, 0) is 25.5 Å². The summed E-state index contributed by atoms with van der Waals surface area (Å²) in [4.78, 5) is 23.7. The molecule has 0 aliphatic heterocycles. The topological polar surface area (TPSA) is 109 Å². The van der Waals surface area contributed by atoms with Crippen molar-refractivity contribution in [2.45, 2.75) is 25.8 Å². The van der Waals surface area contributed by atoms with Gasteiger partial charge in [0, 0.05) is 12.6 Å². The molecule has 1 heterocycles. The summed E-state index contributed by atoms with van der Waals surface area (Å²) in [5.74, 6) is -1.75. The van der Waals surface area contributed by atoms with Crippen molar-refractivity contribution in [1.82, 2.24) is 14.9 Å². The summed E-state index contributed by atoms with van der Waals surface area (Å²) >= 11 is 0. The van der Waals surface area contributed by atoms with Crippen LogP contribution in [0.2, 0.25) is 0 Å². The number of aromatic nitrogens is 3. The Morgan fingerprint density at radius 3 is 2.26 bits per heavy atom. The lowest BCUT2D eigenvalue weighted by Gasteiger charge is -2.23. The van der Waals surface area contributed by atoms with E-state index in [1.807, 2.05) is 0 Å².